The van der Waals surface area contributed by atoms with Gasteiger partial charge in [0.05, 0.1) is 6.54 Å². The molecule has 0 bridgehead atoms. The van der Waals surface area contributed by atoms with Crippen LogP contribution in [0, 0.1) is 5.41 Å². The van der Waals surface area contributed by atoms with Crippen molar-refractivity contribution in [2.75, 3.05) is 18.5 Å². The van der Waals surface area contributed by atoms with Gasteiger partial charge in [0.15, 0.2) is 5.65 Å². The summed E-state index contributed by atoms with van der Waals surface area (Å²) in [6.07, 6.45) is 3.67. The van der Waals surface area contributed by atoms with Crippen molar-refractivity contribution in [1.29, 1.82) is 0 Å². The average molecular weight is 326 g/mol. The van der Waals surface area contributed by atoms with Crippen molar-refractivity contribution >= 4 is 21.6 Å². The summed E-state index contributed by atoms with van der Waals surface area (Å²) in [5.41, 5.74) is 0.701. The van der Waals surface area contributed by atoms with Crippen LogP contribution in [0.2, 0.25) is 0 Å². The van der Waals surface area contributed by atoms with Crippen LogP contribution in [-0.4, -0.2) is 32.7 Å². The number of halogens is 1. The molecule has 2 aromatic rings. The third-order valence-electron chi connectivity index (χ3n) is 3.81. The molecule has 0 unspecified atom stereocenters. The fourth-order valence-corrected chi connectivity index (χ4v) is 3.27. The van der Waals surface area contributed by atoms with E-state index in [0.29, 0.717) is 12.2 Å². The maximum atomic E-state index is 12.3. The third kappa shape index (κ3) is 2.34. The molecule has 2 aromatic heterocycles. The van der Waals surface area contributed by atoms with Crippen LogP contribution in [-0.2, 0) is 11.3 Å². The summed E-state index contributed by atoms with van der Waals surface area (Å²) in [7, 11) is 0. The van der Waals surface area contributed by atoms with Crippen molar-refractivity contribution in [3.63, 3.8) is 0 Å². The van der Waals surface area contributed by atoms with Crippen LogP contribution in [0.5, 0.6) is 0 Å². The van der Waals surface area contributed by atoms with E-state index in [1.165, 1.54) is 0 Å². The highest BCUT2D eigenvalue weighted by Gasteiger charge is 2.33. The number of rotatable bonds is 3. The number of aromatic nitrogens is 3. The molecule has 5 nitrogen and oxygen atoms in total. The number of fused-ring (bicyclic) bond motifs is 1. The molecule has 0 radical (unpaired) electrons. The maximum Gasteiger partial charge on any atom is 0.350 e. The first-order chi connectivity index (χ1) is 9.24. The van der Waals surface area contributed by atoms with Gasteiger partial charge in [-0.25, -0.2) is 9.48 Å². The molecule has 1 fully saturated rings. The molecule has 0 aromatic carbocycles. The van der Waals surface area contributed by atoms with E-state index in [1.54, 1.807) is 15.3 Å². The highest BCUT2D eigenvalue weighted by Crippen LogP contribution is 2.33. The molecular formula is C13H16BrN3O2. The highest BCUT2D eigenvalue weighted by molar-refractivity contribution is 9.09. The highest BCUT2D eigenvalue weighted by atomic mass is 79.9. The second kappa shape index (κ2) is 5.09. The van der Waals surface area contributed by atoms with Crippen molar-refractivity contribution in [1.82, 2.24) is 14.2 Å². The molecule has 0 saturated carbocycles. The summed E-state index contributed by atoms with van der Waals surface area (Å²) in [6.45, 7) is 2.16. The van der Waals surface area contributed by atoms with Crippen LogP contribution in [0.3, 0.4) is 0 Å². The van der Waals surface area contributed by atoms with E-state index in [4.69, 9.17) is 4.74 Å². The number of hydrogen-bond donors (Lipinski definition) is 0. The molecule has 6 heteroatoms. The summed E-state index contributed by atoms with van der Waals surface area (Å²) in [6, 6.07) is 5.58. The Kier molecular flexibility index (Phi) is 3.45. The minimum atomic E-state index is -0.0672. The standard InChI is InChI=1S/C13H16BrN3O2/c14-9-13(4-7-19-8-5-13)10-17-12(18)16-6-2-1-3-11(16)15-17/h1-3,6H,4-5,7-10H2. The van der Waals surface area contributed by atoms with Crippen LogP contribution < -0.4 is 5.69 Å². The second-order valence-corrected chi connectivity index (χ2v) is 5.68. The molecule has 0 amide bonds. The van der Waals surface area contributed by atoms with Gasteiger partial charge in [0, 0.05) is 30.2 Å². The van der Waals surface area contributed by atoms with Gasteiger partial charge < -0.3 is 4.74 Å². The lowest BCUT2D eigenvalue weighted by atomic mass is 9.82. The van der Waals surface area contributed by atoms with Gasteiger partial charge in [-0.2, -0.15) is 0 Å². The maximum absolute atomic E-state index is 12.3. The van der Waals surface area contributed by atoms with E-state index in [2.05, 4.69) is 21.0 Å². The van der Waals surface area contributed by atoms with Crippen molar-refractivity contribution in [3.05, 3.63) is 34.9 Å². The average Bonchev–Trinajstić information content (AvgIpc) is 2.77. The quantitative estimate of drug-likeness (QED) is 0.807. The molecule has 102 valence electrons. The largest absolute Gasteiger partial charge is 0.381 e. The lowest BCUT2D eigenvalue weighted by molar-refractivity contribution is 0.0165. The van der Waals surface area contributed by atoms with Crippen LogP contribution >= 0.6 is 15.9 Å². The van der Waals surface area contributed by atoms with Crippen LogP contribution in [0.1, 0.15) is 12.8 Å². The summed E-state index contributed by atoms with van der Waals surface area (Å²) >= 11 is 3.59. The fraction of sp³-hybridized carbons (Fsp3) is 0.538. The van der Waals surface area contributed by atoms with Crippen molar-refractivity contribution < 1.29 is 4.74 Å². The first-order valence-corrected chi connectivity index (χ1v) is 7.54. The third-order valence-corrected chi connectivity index (χ3v) is 5.00. The first-order valence-electron chi connectivity index (χ1n) is 6.42. The fourth-order valence-electron chi connectivity index (χ4n) is 2.53. The number of alkyl halides is 1. The normalized spacial score (nSPS) is 18.8. The minimum absolute atomic E-state index is 0.0672. The summed E-state index contributed by atoms with van der Waals surface area (Å²) in [5.74, 6) is 0. The molecule has 0 spiro atoms. The topological polar surface area (TPSA) is 48.5 Å². The molecule has 0 atom stereocenters. The zero-order valence-corrected chi connectivity index (χ0v) is 12.2. The minimum Gasteiger partial charge on any atom is -0.381 e. The van der Waals surface area contributed by atoms with Crippen LogP contribution in [0.15, 0.2) is 29.2 Å². The van der Waals surface area contributed by atoms with Gasteiger partial charge in [0.1, 0.15) is 0 Å². The van der Waals surface area contributed by atoms with Gasteiger partial charge in [0.25, 0.3) is 0 Å². The molecular weight excluding hydrogens is 310 g/mol. The Hall–Kier alpha value is -1.14. The van der Waals surface area contributed by atoms with E-state index >= 15 is 0 Å². The Bertz CT molecular complexity index is 628. The Morgan fingerprint density at radius 3 is 2.84 bits per heavy atom. The van der Waals surface area contributed by atoms with Gasteiger partial charge in [-0.15, -0.1) is 5.10 Å². The van der Waals surface area contributed by atoms with E-state index in [9.17, 15) is 4.79 Å². The monoisotopic (exact) mass is 325 g/mol. The van der Waals surface area contributed by atoms with E-state index in [-0.39, 0.29) is 11.1 Å². The van der Waals surface area contributed by atoms with Gasteiger partial charge in [-0.05, 0) is 25.0 Å². The zero-order valence-electron chi connectivity index (χ0n) is 10.6. The SMILES string of the molecule is O=c1n(CC2(CBr)CCOCC2)nc2ccccn12. The summed E-state index contributed by atoms with van der Waals surface area (Å²) < 4.78 is 8.59. The number of pyridine rings is 1. The van der Waals surface area contributed by atoms with Crippen molar-refractivity contribution in [3.8, 4) is 0 Å². The molecule has 1 aliphatic rings. The molecule has 3 heterocycles. The van der Waals surface area contributed by atoms with E-state index in [1.807, 2.05) is 18.2 Å². The van der Waals surface area contributed by atoms with Crippen molar-refractivity contribution in [2.45, 2.75) is 19.4 Å². The lowest BCUT2D eigenvalue weighted by Crippen LogP contribution is -2.38. The number of hydrogen-bond acceptors (Lipinski definition) is 3. The molecule has 0 aliphatic carbocycles. The second-order valence-electron chi connectivity index (χ2n) is 5.12. The molecule has 1 saturated heterocycles. The predicted octanol–water partition coefficient (Wildman–Crippen LogP) is 1.69. The number of nitrogens with zero attached hydrogens (tertiary/aromatic N) is 3. The Labute approximate surface area is 119 Å². The molecule has 3 rings (SSSR count). The lowest BCUT2D eigenvalue weighted by Gasteiger charge is -2.35. The van der Waals surface area contributed by atoms with Gasteiger partial charge >= 0.3 is 5.69 Å². The summed E-state index contributed by atoms with van der Waals surface area (Å²) in [5, 5.41) is 5.27. The molecule has 19 heavy (non-hydrogen) atoms. The smallest absolute Gasteiger partial charge is 0.350 e. The summed E-state index contributed by atoms with van der Waals surface area (Å²) in [4.78, 5) is 12.3. The Balaban J connectivity index is 1.96. The Morgan fingerprint density at radius 2 is 2.16 bits per heavy atom. The zero-order chi connectivity index (χ0) is 13.3. The van der Waals surface area contributed by atoms with Crippen molar-refractivity contribution in [2.24, 2.45) is 5.41 Å². The predicted molar refractivity (Wildman–Crippen MR) is 75.7 cm³/mol. The Morgan fingerprint density at radius 1 is 1.37 bits per heavy atom. The van der Waals surface area contributed by atoms with Gasteiger partial charge in [-0.3, -0.25) is 4.40 Å². The molecule has 1 aliphatic heterocycles. The van der Waals surface area contributed by atoms with Crippen LogP contribution in [0.4, 0.5) is 0 Å². The number of ether oxygens (including phenoxy) is 1. The first kappa shape index (κ1) is 12.9. The van der Waals surface area contributed by atoms with Gasteiger partial charge in [-0.1, -0.05) is 22.0 Å². The van der Waals surface area contributed by atoms with E-state index in [0.717, 1.165) is 31.4 Å². The van der Waals surface area contributed by atoms with Gasteiger partial charge in [0.2, 0.25) is 0 Å². The van der Waals surface area contributed by atoms with Crippen LogP contribution in [0.25, 0.3) is 5.65 Å². The van der Waals surface area contributed by atoms with E-state index < -0.39 is 0 Å². The molecule has 0 N–H and O–H groups in total.